The van der Waals surface area contributed by atoms with Gasteiger partial charge in [-0.2, -0.15) is 8.42 Å². The Kier molecular flexibility index (Phi) is 3.39. The summed E-state index contributed by atoms with van der Waals surface area (Å²) in [4.78, 5) is 0. The third-order valence-electron chi connectivity index (χ3n) is 1.62. The molecule has 14 heavy (non-hydrogen) atoms. The van der Waals surface area contributed by atoms with Crippen LogP contribution in [0, 0.1) is 0 Å². The molecule has 0 saturated carbocycles. The fraction of sp³-hybridized carbons (Fsp3) is 0.333. The third kappa shape index (κ3) is 2.62. The maximum Gasteiger partial charge on any atom is 0.311 e. The summed E-state index contributed by atoms with van der Waals surface area (Å²) in [5.74, 6) is 0.169. The maximum atomic E-state index is 11.4. The molecule has 0 spiro atoms. The number of rotatable bonds is 3. The highest BCUT2D eigenvalue weighted by Crippen LogP contribution is 2.25. The van der Waals surface area contributed by atoms with Crippen molar-refractivity contribution in [3.63, 3.8) is 0 Å². The van der Waals surface area contributed by atoms with Crippen LogP contribution in [0.2, 0.25) is 5.02 Å². The lowest BCUT2D eigenvalue weighted by Crippen LogP contribution is -2.20. The molecule has 5 heteroatoms. The first-order valence-electron chi connectivity index (χ1n) is 4.11. The Labute approximate surface area is 88.8 Å². The van der Waals surface area contributed by atoms with Crippen LogP contribution < -0.4 is 4.18 Å². The van der Waals surface area contributed by atoms with Gasteiger partial charge in [-0.15, -0.1) is 0 Å². The molecule has 0 atom stereocenters. The fourth-order valence-corrected chi connectivity index (χ4v) is 1.54. The van der Waals surface area contributed by atoms with Crippen LogP contribution in [0.4, 0.5) is 0 Å². The van der Waals surface area contributed by atoms with E-state index in [1.165, 1.54) is 6.07 Å². The number of benzene rings is 1. The molecule has 0 aliphatic rings. The van der Waals surface area contributed by atoms with E-state index in [9.17, 15) is 8.42 Å². The molecule has 0 saturated heterocycles. The van der Waals surface area contributed by atoms with Crippen molar-refractivity contribution >= 4 is 21.7 Å². The van der Waals surface area contributed by atoms with Gasteiger partial charge in [-0.05, 0) is 26.0 Å². The summed E-state index contributed by atoms with van der Waals surface area (Å²) in [7, 11) is -3.56. The standard InChI is InChI=1S/C9H11ClO3S/c1-7(2)14(11,12)13-9-6-4-3-5-8(9)10/h3-7H,1-2H3. The summed E-state index contributed by atoms with van der Waals surface area (Å²) < 4.78 is 27.6. The van der Waals surface area contributed by atoms with Crippen molar-refractivity contribution in [3.05, 3.63) is 29.3 Å². The SMILES string of the molecule is CC(C)S(=O)(=O)Oc1ccccc1Cl. The Morgan fingerprint density at radius 1 is 1.29 bits per heavy atom. The molecule has 0 aromatic heterocycles. The van der Waals surface area contributed by atoms with E-state index in [-0.39, 0.29) is 10.8 Å². The molecule has 0 amide bonds. The second-order valence-electron chi connectivity index (χ2n) is 3.06. The lowest BCUT2D eigenvalue weighted by atomic mass is 10.3. The number of hydrogen-bond acceptors (Lipinski definition) is 3. The van der Waals surface area contributed by atoms with Crippen molar-refractivity contribution in [1.29, 1.82) is 0 Å². The zero-order valence-electron chi connectivity index (χ0n) is 7.90. The van der Waals surface area contributed by atoms with Crippen LogP contribution in [0.3, 0.4) is 0 Å². The van der Waals surface area contributed by atoms with Crippen LogP contribution in [0.15, 0.2) is 24.3 Å². The van der Waals surface area contributed by atoms with E-state index >= 15 is 0 Å². The normalized spacial score (nSPS) is 11.7. The van der Waals surface area contributed by atoms with Crippen molar-refractivity contribution in [3.8, 4) is 5.75 Å². The lowest BCUT2D eigenvalue weighted by Gasteiger charge is -2.10. The number of hydrogen-bond donors (Lipinski definition) is 0. The Morgan fingerprint density at radius 2 is 1.86 bits per heavy atom. The largest absolute Gasteiger partial charge is 0.381 e. The molecule has 3 nitrogen and oxygen atoms in total. The summed E-state index contributed by atoms with van der Waals surface area (Å²) >= 11 is 5.75. The predicted molar refractivity (Wildman–Crippen MR) is 56.1 cm³/mol. The molecule has 0 N–H and O–H groups in total. The Bertz CT molecular complexity index is 412. The number of para-hydroxylation sites is 1. The van der Waals surface area contributed by atoms with Crippen LogP contribution >= 0.6 is 11.6 Å². The van der Waals surface area contributed by atoms with Crippen molar-refractivity contribution in [1.82, 2.24) is 0 Å². The highest BCUT2D eigenvalue weighted by molar-refractivity contribution is 7.87. The second kappa shape index (κ2) is 4.19. The van der Waals surface area contributed by atoms with Gasteiger partial charge in [0.25, 0.3) is 0 Å². The monoisotopic (exact) mass is 234 g/mol. The average molecular weight is 235 g/mol. The van der Waals surface area contributed by atoms with Gasteiger partial charge >= 0.3 is 10.1 Å². The van der Waals surface area contributed by atoms with Crippen molar-refractivity contribution < 1.29 is 12.6 Å². The van der Waals surface area contributed by atoms with Gasteiger partial charge in [-0.3, -0.25) is 0 Å². The number of halogens is 1. The zero-order valence-corrected chi connectivity index (χ0v) is 9.47. The zero-order chi connectivity index (χ0) is 10.8. The molecule has 1 aromatic rings. The predicted octanol–water partition coefficient (Wildman–Crippen LogP) is 2.46. The Morgan fingerprint density at radius 3 is 2.36 bits per heavy atom. The first-order valence-corrected chi connectivity index (χ1v) is 5.96. The van der Waals surface area contributed by atoms with Crippen molar-refractivity contribution in [2.45, 2.75) is 19.1 Å². The van der Waals surface area contributed by atoms with Crippen LogP contribution in [-0.4, -0.2) is 13.7 Å². The summed E-state index contributed by atoms with van der Waals surface area (Å²) in [6.45, 7) is 3.10. The quantitative estimate of drug-likeness (QED) is 0.755. The fourth-order valence-electron chi connectivity index (χ4n) is 0.734. The van der Waals surface area contributed by atoms with Gasteiger partial charge in [0.2, 0.25) is 0 Å². The van der Waals surface area contributed by atoms with Crippen LogP contribution in [0.5, 0.6) is 5.75 Å². The first-order chi connectivity index (χ1) is 6.43. The molecular weight excluding hydrogens is 224 g/mol. The van der Waals surface area contributed by atoms with Crippen LogP contribution in [0.25, 0.3) is 0 Å². The molecule has 0 heterocycles. The van der Waals surface area contributed by atoms with E-state index in [0.29, 0.717) is 0 Å². The molecule has 0 bridgehead atoms. The second-order valence-corrected chi connectivity index (χ2v) is 5.56. The molecule has 78 valence electrons. The smallest absolute Gasteiger partial charge is 0.311 e. The van der Waals surface area contributed by atoms with Gasteiger partial charge in [0.15, 0.2) is 5.75 Å². The van der Waals surface area contributed by atoms with E-state index in [4.69, 9.17) is 15.8 Å². The van der Waals surface area contributed by atoms with E-state index in [0.717, 1.165) is 0 Å². The molecule has 1 rings (SSSR count). The summed E-state index contributed by atoms with van der Waals surface area (Å²) in [5.41, 5.74) is 0. The molecule has 0 radical (unpaired) electrons. The minimum atomic E-state index is -3.56. The lowest BCUT2D eigenvalue weighted by molar-refractivity contribution is 0.477. The molecule has 0 unspecified atom stereocenters. The van der Waals surface area contributed by atoms with Gasteiger partial charge in [0.05, 0.1) is 10.3 Å². The van der Waals surface area contributed by atoms with Gasteiger partial charge in [0, 0.05) is 0 Å². The highest BCUT2D eigenvalue weighted by atomic mass is 35.5. The first kappa shape index (κ1) is 11.3. The van der Waals surface area contributed by atoms with E-state index in [1.54, 1.807) is 32.0 Å². The molecule has 0 aliphatic heterocycles. The van der Waals surface area contributed by atoms with Crippen molar-refractivity contribution in [2.75, 3.05) is 0 Å². The Hall–Kier alpha value is -0.740. The van der Waals surface area contributed by atoms with Crippen LogP contribution in [0.1, 0.15) is 13.8 Å². The van der Waals surface area contributed by atoms with Gasteiger partial charge < -0.3 is 4.18 Å². The molecule has 1 aromatic carbocycles. The van der Waals surface area contributed by atoms with Gasteiger partial charge in [-0.1, -0.05) is 23.7 Å². The Balaban J connectivity index is 2.96. The summed E-state index contributed by atoms with van der Waals surface area (Å²) in [6.07, 6.45) is 0. The van der Waals surface area contributed by atoms with E-state index in [2.05, 4.69) is 0 Å². The maximum absolute atomic E-state index is 11.4. The molecule has 0 aliphatic carbocycles. The molecular formula is C9H11ClO3S. The van der Waals surface area contributed by atoms with Crippen LogP contribution in [-0.2, 0) is 10.1 Å². The van der Waals surface area contributed by atoms with E-state index < -0.39 is 15.4 Å². The topological polar surface area (TPSA) is 43.4 Å². The van der Waals surface area contributed by atoms with E-state index in [1.807, 2.05) is 0 Å². The minimum Gasteiger partial charge on any atom is -0.381 e. The minimum absolute atomic E-state index is 0.169. The highest BCUT2D eigenvalue weighted by Gasteiger charge is 2.19. The summed E-state index contributed by atoms with van der Waals surface area (Å²) in [5, 5.41) is -0.296. The van der Waals surface area contributed by atoms with Gasteiger partial charge in [-0.25, -0.2) is 0 Å². The van der Waals surface area contributed by atoms with Crippen molar-refractivity contribution in [2.24, 2.45) is 0 Å². The van der Waals surface area contributed by atoms with Gasteiger partial charge in [0.1, 0.15) is 0 Å². The molecule has 0 fully saturated rings. The average Bonchev–Trinajstić information content (AvgIpc) is 2.08. The third-order valence-corrected chi connectivity index (χ3v) is 3.50. The summed E-state index contributed by atoms with van der Waals surface area (Å²) in [6, 6.07) is 6.46.